The van der Waals surface area contributed by atoms with Crippen LogP contribution in [0.4, 0.5) is 0 Å². The second-order valence-electron chi connectivity index (χ2n) is 5.13. The minimum absolute atomic E-state index is 0.229. The van der Waals surface area contributed by atoms with Crippen LogP contribution in [0.3, 0.4) is 0 Å². The molecule has 1 nitrogen and oxygen atoms in total. The number of hydrogen-bond acceptors (Lipinski definition) is 2. The van der Waals surface area contributed by atoms with Crippen molar-refractivity contribution in [3.8, 4) is 0 Å². The van der Waals surface area contributed by atoms with E-state index in [4.69, 9.17) is 0 Å². The van der Waals surface area contributed by atoms with E-state index in [0.717, 1.165) is 11.2 Å². The predicted octanol–water partition coefficient (Wildman–Crippen LogP) is 4.21. The van der Waals surface area contributed by atoms with Crippen LogP contribution in [0, 0.1) is 13.8 Å². The molecule has 0 aliphatic rings. The lowest BCUT2D eigenvalue weighted by molar-refractivity contribution is 0.604. The zero-order valence-corrected chi connectivity index (χ0v) is 10.8. The van der Waals surface area contributed by atoms with Crippen molar-refractivity contribution >= 4 is 21.6 Å². The zero-order valence-electron chi connectivity index (χ0n) is 10.0. The molecule has 0 aliphatic carbocycles. The van der Waals surface area contributed by atoms with E-state index < -0.39 is 0 Å². The fourth-order valence-electron chi connectivity index (χ4n) is 1.53. The maximum atomic E-state index is 4.62. The van der Waals surface area contributed by atoms with E-state index >= 15 is 0 Å². The summed E-state index contributed by atoms with van der Waals surface area (Å²) in [5, 5.41) is 0. The smallest absolute Gasteiger partial charge is 0.0816 e. The minimum Gasteiger partial charge on any atom is -0.252 e. The number of pyridine rings is 1. The number of fused-ring (bicyclic) bond motifs is 1. The van der Waals surface area contributed by atoms with Gasteiger partial charge in [-0.15, -0.1) is 11.3 Å². The highest BCUT2D eigenvalue weighted by atomic mass is 32.1. The number of nitrogens with zero attached hydrogens (tertiary/aromatic N) is 1. The summed E-state index contributed by atoms with van der Waals surface area (Å²) in [6, 6.07) is 4.48. The summed E-state index contributed by atoms with van der Waals surface area (Å²) in [7, 11) is 0. The van der Waals surface area contributed by atoms with Crippen molar-refractivity contribution in [3.63, 3.8) is 0 Å². The van der Waals surface area contributed by atoms with Crippen LogP contribution in [0.1, 0.15) is 36.9 Å². The quantitative estimate of drug-likeness (QED) is 0.646. The van der Waals surface area contributed by atoms with Crippen LogP contribution in [0.5, 0.6) is 0 Å². The largest absolute Gasteiger partial charge is 0.252 e. The standard InChI is InChI=1S/C13H17NS/c1-8-6-11-10(14-9(8)2)7-12(15-11)13(3,4)5/h6-7H,1-5H3. The van der Waals surface area contributed by atoms with Gasteiger partial charge < -0.3 is 0 Å². The van der Waals surface area contributed by atoms with Crippen LogP contribution in [0.15, 0.2) is 12.1 Å². The molecule has 2 heterocycles. The lowest BCUT2D eigenvalue weighted by Crippen LogP contribution is -2.07. The molecule has 0 saturated heterocycles. The topological polar surface area (TPSA) is 12.9 Å². The van der Waals surface area contributed by atoms with E-state index in [1.165, 1.54) is 15.1 Å². The molecular weight excluding hydrogens is 202 g/mol. The summed E-state index contributed by atoms with van der Waals surface area (Å²) in [6.45, 7) is 10.9. The SMILES string of the molecule is Cc1cc2sc(C(C)(C)C)cc2nc1C. The van der Waals surface area contributed by atoms with Crippen molar-refractivity contribution in [1.82, 2.24) is 4.98 Å². The van der Waals surface area contributed by atoms with Gasteiger partial charge in [0.05, 0.1) is 10.2 Å². The van der Waals surface area contributed by atoms with Gasteiger partial charge in [-0.25, -0.2) is 0 Å². The Balaban J connectivity index is 2.66. The second-order valence-corrected chi connectivity index (χ2v) is 6.22. The van der Waals surface area contributed by atoms with Crippen LogP contribution in [-0.4, -0.2) is 4.98 Å². The van der Waals surface area contributed by atoms with Crippen molar-refractivity contribution in [1.29, 1.82) is 0 Å². The summed E-state index contributed by atoms with van der Waals surface area (Å²) in [5.41, 5.74) is 3.80. The van der Waals surface area contributed by atoms with Crippen molar-refractivity contribution in [2.75, 3.05) is 0 Å². The first kappa shape index (κ1) is 10.6. The van der Waals surface area contributed by atoms with Gasteiger partial charge in [0.25, 0.3) is 0 Å². The van der Waals surface area contributed by atoms with Crippen molar-refractivity contribution in [3.05, 3.63) is 28.3 Å². The molecule has 2 aromatic heterocycles. The average Bonchev–Trinajstić information content (AvgIpc) is 2.47. The predicted molar refractivity (Wildman–Crippen MR) is 67.8 cm³/mol. The molecule has 0 aromatic carbocycles. The molecule has 2 aromatic rings. The normalized spacial score (nSPS) is 12.3. The Labute approximate surface area is 95.2 Å². The van der Waals surface area contributed by atoms with Crippen LogP contribution < -0.4 is 0 Å². The van der Waals surface area contributed by atoms with E-state index in [9.17, 15) is 0 Å². The van der Waals surface area contributed by atoms with E-state index in [-0.39, 0.29) is 5.41 Å². The maximum absolute atomic E-state index is 4.62. The molecule has 2 heteroatoms. The van der Waals surface area contributed by atoms with Gasteiger partial charge in [-0.2, -0.15) is 0 Å². The molecule has 0 amide bonds. The first-order valence-corrected chi connectivity index (χ1v) is 6.08. The molecule has 15 heavy (non-hydrogen) atoms. The highest BCUT2D eigenvalue weighted by Gasteiger charge is 2.17. The van der Waals surface area contributed by atoms with Crippen molar-refractivity contribution < 1.29 is 0 Å². The monoisotopic (exact) mass is 219 g/mol. The van der Waals surface area contributed by atoms with Gasteiger partial charge in [0.1, 0.15) is 0 Å². The molecule has 0 spiro atoms. The third kappa shape index (κ3) is 1.91. The van der Waals surface area contributed by atoms with Gasteiger partial charge in [-0.3, -0.25) is 4.98 Å². The second kappa shape index (κ2) is 3.31. The Kier molecular flexibility index (Phi) is 2.34. The Morgan fingerprint density at radius 1 is 1.13 bits per heavy atom. The first-order valence-electron chi connectivity index (χ1n) is 5.26. The Bertz CT molecular complexity index is 464. The molecule has 0 radical (unpaired) electrons. The Hall–Kier alpha value is -0.890. The summed E-state index contributed by atoms with van der Waals surface area (Å²) in [4.78, 5) is 6.03. The fraction of sp³-hybridized carbons (Fsp3) is 0.462. The van der Waals surface area contributed by atoms with Crippen LogP contribution in [-0.2, 0) is 5.41 Å². The molecule has 0 aliphatic heterocycles. The number of aryl methyl sites for hydroxylation is 2. The first-order chi connectivity index (χ1) is 6.88. The fourth-order valence-corrected chi connectivity index (χ4v) is 2.68. The summed E-state index contributed by atoms with van der Waals surface area (Å²) in [6.07, 6.45) is 0. The van der Waals surface area contributed by atoms with Gasteiger partial charge in [0.2, 0.25) is 0 Å². The van der Waals surface area contributed by atoms with E-state index in [1.54, 1.807) is 0 Å². The van der Waals surface area contributed by atoms with Crippen LogP contribution >= 0.6 is 11.3 Å². The van der Waals surface area contributed by atoms with Crippen molar-refractivity contribution in [2.45, 2.75) is 40.0 Å². The van der Waals surface area contributed by atoms with E-state index in [0.29, 0.717) is 0 Å². The summed E-state index contributed by atoms with van der Waals surface area (Å²) < 4.78 is 1.31. The molecule has 0 saturated carbocycles. The molecule has 80 valence electrons. The Morgan fingerprint density at radius 3 is 2.40 bits per heavy atom. The summed E-state index contributed by atoms with van der Waals surface area (Å²) >= 11 is 1.86. The number of thiophene rings is 1. The summed E-state index contributed by atoms with van der Waals surface area (Å²) in [5.74, 6) is 0. The number of rotatable bonds is 0. The van der Waals surface area contributed by atoms with Gasteiger partial charge in [-0.1, -0.05) is 20.8 Å². The lowest BCUT2D eigenvalue weighted by atomic mass is 9.95. The lowest BCUT2D eigenvalue weighted by Gasteiger charge is -2.14. The number of hydrogen-bond donors (Lipinski definition) is 0. The Morgan fingerprint density at radius 2 is 1.80 bits per heavy atom. The molecule has 0 fully saturated rings. The molecule has 0 N–H and O–H groups in total. The zero-order chi connectivity index (χ0) is 11.2. The van der Waals surface area contributed by atoms with Crippen molar-refractivity contribution in [2.24, 2.45) is 0 Å². The highest BCUT2D eigenvalue weighted by molar-refractivity contribution is 7.19. The van der Waals surface area contributed by atoms with Gasteiger partial charge in [0, 0.05) is 10.6 Å². The molecule has 0 bridgehead atoms. The molecular formula is C13H17NS. The van der Waals surface area contributed by atoms with Crippen LogP contribution in [0.25, 0.3) is 10.2 Å². The van der Waals surface area contributed by atoms with Gasteiger partial charge in [-0.05, 0) is 37.0 Å². The third-order valence-electron chi connectivity index (χ3n) is 2.69. The van der Waals surface area contributed by atoms with Gasteiger partial charge in [0.15, 0.2) is 0 Å². The minimum atomic E-state index is 0.229. The van der Waals surface area contributed by atoms with Crippen LogP contribution in [0.2, 0.25) is 0 Å². The van der Waals surface area contributed by atoms with E-state index in [1.807, 2.05) is 11.3 Å². The van der Waals surface area contributed by atoms with Gasteiger partial charge >= 0.3 is 0 Å². The molecule has 2 rings (SSSR count). The maximum Gasteiger partial charge on any atom is 0.0816 e. The third-order valence-corrected chi connectivity index (χ3v) is 4.18. The molecule has 0 unspecified atom stereocenters. The molecule has 0 atom stereocenters. The number of aromatic nitrogens is 1. The average molecular weight is 219 g/mol. The highest BCUT2D eigenvalue weighted by Crippen LogP contribution is 2.33. The van der Waals surface area contributed by atoms with E-state index in [2.05, 4.69) is 51.7 Å².